The Hall–Kier alpha value is -1.91. The Morgan fingerprint density at radius 1 is 1.32 bits per heavy atom. The Labute approximate surface area is 112 Å². The van der Waals surface area contributed by atoms with Gasteiger partial charge in [-0.1, -0.05) is 6.07 Å². The Morgan fingerprint density at radius 3 is 2.84 bits per heavy atom. The summed E-state index contributed by atoms with van der Waals surface area (Å²) in [4.78, 5) is 30.1. The van der Waals surface area contributed by atoms with E-state index in [2.05, 4.69) is 10.3 Å². The largest absolute Gasteiger partial charge is 0.344 e. The molecule has 2 amide bonds. The molecular formula is C14H17N3O2. The number of hydrogen-bond donors (Lipinski definition) is 1. The molecule has 1 saturated carbocycles. The maximum Gasteiger partial charge on any atom is 0.245 e. The van der Waals surface area contributed by atoms with E-state index in [1.165, 1.54) is 0 Å². The van der Waals surface area contributed by atoms with Crippen LogP contribution in [0.2, 0.25) is 0 Å². The Bertz CT molecular complexity index is 485. The highest BCUT2D eigenvalue weighted by Gasteiger charge is 2.40. The molecule has 1 atom stereocenters. The second-order valence-electron chi connectivity index (χ2n) is 5.21. The third-order valence-corrected chi connectivity index (χ3v) is 3.68. The predicted octanol–water partition coefficient (Wildman–Crippen LogP) is 0.709. The number of rotatable bonds is 3. The summed E-state index contributed by atoms with van der Waals surface area (Å²) in [5, 5.41) is 2.86. The van der Waals surface area contributed by atoms with Crippen molar-refractivity contribution in [2.24, 2.45) is 5.92 Å². The molecule has 2 fully saturated rings. The molecule has 1 N–H and O–H groups in total. The van der Waals surface area contributed by atoms with Gasteiger partial charge in [0.25, 0.3) is 0 Å². The van der Waals surface area contributed by atoms with Crippen molar-refractivity contribution in [3.63, 3.8) is 0 Å². The average molecular weight is 259 g/mol. The van der Waals surface area contributed by atoms with Gasteiger partial charge >= 0.3 is 0 Å². The van der Waals surface area contributed by atoms with E-state index in [0.29, 0.717) is 25.4 Å². The molecular weight excluding hydrogens is 242 g/mol. The molecule has 1 aliphatic heterocycles. The number of carbonyl (C=O) groups is 2. The summed E-state index contributed by atoms with van der Waals surface area (Å²) in [5.41, 5.74) is 0.861. The highest BCUT2D eigenvalue weighted by atomic mass is 16.2. The SMILES string of the molecule is O=C1CCN(Cc2ccccn2)C(=O)C(C2CC2)N1. The molecule has 0 spiro atoms. The van der Waals surface area contributed by atoms with Crippen molar-refractivity contribution < 1.29 is 9.59 Å². The van der Waals surface area contributed by atoms with Crippen molar-refractivity contribution in [3.05, 3.63) is 30.1 Å². The molecule has 3 rings (SSSR count). The quantitative estimate of drug-likeness (QED) is 0.869. The Balaban J connectivity index is 1.75. The van der Waals surface area contributed by atoms with Crippen LogP contribution in [0, 0.1) is 5.92 Å². The van der Waals surface area contributed by atoms with E-state index in [1.54, 1.807) is 11.1 Å². The van der Waals surface area contributed by atoms with E-state index < -0.39 is 0 Å². The lowest BCUT2D eigenvalue weighted by Gasteiger charge is -2.23. The zero-order valence-corrected chi connectivity index (χ0v) is 10.7. The molecule has 0 bridgehead atoms. The van der Waals surface area contributed by atoms with Gasteiger partial charge in [0.15, 0.2) is 0 Å². The van der Waals surface area contributed by atoms with Crippen molar-refractivity contribution in [3.8, 4) is 0 Å². The van der Waals surface area contributed by atoms with Crippen LogP contribution in [0.3, 0.4) is 0 Å². The van der Waals surface area contributed by atoms with Crippen LogP contribution < -0.4 is 5.32 Å². The maximum absolute atomic E-state index is 12.5. The van der Waals surface area contributed by atoms with Gasteiger partial charge < -0.3 is 10.2 Å². The number of aromatic nitrogens is 1. The summed E-state index contributed by atoms with van der Waals surface area (Å²) in [5.74, 6) is 0.355. The van der Waals surface area contributed by atoms with Crippen LogP contribution in [0.15, 0.2) is 24.4 Å². The van der Waals surface area contributed by atoms with Crippen LogP contribution in [-0.2, 0) is 16.1 Å². The van der Waals surface area contributed by atoms with Gasteiger partial charge in [-0.15, -0.1) is 0 Å². The molecule has 1 aliphatic carbocycles. The number of hydrogen-bond acceptors (Lipinski definition) is 3. The zero-order chi connectivity index (χ0) is 13.2. The van der Waals surface area contributed by atoms with E-state index in [0.717, 1.165) is 18.5 Å². The van der Waals surface area contributed by atoms with E-state index in [-0.39, 0.29) is 17.9 Å². The van der Waals surface area contributed by atoms with E-state index in [4.69, 9.17) is 0 Å². The molecule has 2 aliphatic rings. The van der Waals surface area contributed by atoms with E-state index in [9.17, 15) is 9.59 Å². The van der Waals surface area contributed by atoms with E-state index in [1.807, 2.05) is 18.2 Å². The normalized spacial score (nSPS) is 24.0. The fraction of sp³-hybridized carbons (Fsp3) is 0.500. The summed E-state index contributed by atoms with van der Waals surface area (Å²) >= 11 is 0. The second kappa shape index (κ2) is 4.99. The van der Waals surface area contributed by atoms with Crippen LogP contribution in [-0.4, -0.2) is 34.3 Å². The zero-order valence-electron chi connectivity index (χ0n) is 10.7. The monoisotopic (exact) mass is 259 g/mol. The molecule has 19 heavy (non-hydrogen) atoms. The lowest BCUT2D eigenvalue weighted by Crippen LogP contribution is -2.45. The van der Waals surface area contributed by atoms with Gasteiger partial charge in [-0.3, -0.25) is 14.6 Å². The van der Waals surface area contributed by atoms with Crippen molar-refractivity contribution >= 4 is 11.8 Å². The van der Waals surface area contributed by atoms with Crippen LogP contribution in [0.25, 0.3) is 0 Å². The molecule has 5 nitrogen and oxygen atoms in total. The summed E-state index contributed by atoms with van der Waals surface area (Å²) < 4.78 is 0. The topological polar surface area (TPSA) is 62.3 Å². The standard InChI is InChI=1S/C14H17N3O2/c18-12-6-8-17(9-11-3-1-2-7-15-11)14(19)13(16-12)10-4-5-10/h1-3,7,10,13H,4-6,8-9H2,(H,16,18). The highest BCUT2D eigenvalue weighted by Crippen LogP contribution is 2.34. The van der Waals surface area contributed by atoms with Crippen molar-refractivity contribution in [2.45, 2.75) is 31.8 Å². The number of pyridine rings is 1. The molecule has 1 saturated heterocycles. The molecule has 2 heterocycles. The first kappa shape index (κ1) is 12.1. The van der Waals surface area contributed by atoms with Crippen molar-refractivity contribution in [1.29, 1.82) is 0 Å². The average Bonchev–Trinajstić information content (AvgIpc) is 3.25. The molecule has 1 aromatic heterocycles. The first-order chi connectivity index (χ1) is 9.24. The lowest BCUT2D eigenvalue weighted by molar-refractivity contribution is -0.134. The fourth-order valence-electron chi connectivity index (χ4n) is 2.44. The van der Waals surface area contributed by atoms with Crippen molar-refractivity contribution in [2.75, 3.05) is 6.54 Å². The van der Waals surface area contributed by atoms with Gasteiger partial charge in [-0.2, -0.15) is 0 Å². The van der Waals surface area contributed by atoms with Crippen molar-refractivity contribution in [1.82, 2.24) is 15.2 Å². The van der Waals surface area contributed by atoms with Crippen LogP contribution in [0.4, 0.5) is 0 Å². The summed E-state index contributed by atoms with van der Waals surface area (Å²) in [7, 11) is 0. The Morgan fingerprint density at radius 2 is 2.16 bits per heavy atom. The first-order valence-corrected chi connectivity index (χ1v) is 6.72. The lowest BCUT2D eigenvalue weighted by atomic mass is 10.1. The van der Waals surface area contributed by atoms with Gasteiger partial charge in [-0.25, -0.2) is 0 Å². The summed E-state index contributed by atoms with van der Waals surface area (Å²) in [6, 6.07) is 5.34. The molecule has 1 unspecified atom stereocenters. The minimum atomic E-state index is -0.321. The second-order valence-corrected chi connectivity index (χ2v) is 5.21. The Kier molecular flexibility index (Phi) is 3.19. The molecule has 100 valence electrons. The summed E-state index contributed by atoms with van der Waals surface area (Å²) in [6.07, 6.45) is 4.17. The fourth-order valence-corrected chi connectivity index (χ4v) is 2.44. The number of nitrogens with one attached hydrogen (secondary N) is 1. The minimum Gasteiger partial charge on any atom is -0.344 e. The number of carbonyl (C=O) groups excluding carboxylic acids is 2. The molecule has 0 radical (unpaired) electrons. The minimum absolute atomic E-state index is 0.0197. The van der Waals surface area contributed by atoms with Gasteiger partial charge in [0.05, 0.1) is 12.2 Å². The van der Waals surface area contributed by atoms with Crippen LogP contribution in [0.5, 0.6) is 0 Å². The van der Waals surface area contributed by atoms with Crippen LogP contribution >= 0.6 is 0 Å². The molecule has 1 aromatic rings. The van der Waals surface area contributed by atoms with Gasteiger partial charge in [0.1, 0.15) is 6.04 Å². The third-order valence-electron chi connectivity index (χ3n) is 3.68. The first-order valence-electron chi connectivity index (χ1n) is 6.72. The smallest absolute Gasteiger partial charge is 0.245 e. The van der Waals surface area contributed by atoms with E-state index >= 15 is 0 Å². The third kappa shape index (κ3) is 2.75. The predicted molar refractivity (Wildman–Crippen MR) is 68.9 cm³/mol. The van der Waals surface area contributed by atoms with Gasteiger partial charge in [0.2, 0.25) is 11.8 Å². The number of amides is 2. The van der Waals surface area contributed by atoms with Gasteiger partial charge in [0, 0.05) is 19.2 Å². The van der Waals surface area contributed by atoms with Crippen LogP contribution in [0.1, 0.15) is 25.0 Å². The van der Waals surface area contributed by atoms with Gasteiger partial charge in [-0.05, 0) is 30.9 Å². The molecule has 5 heteroatoms. The highest BCUT2D eigenvalue weighted by molar-refractivity contribution is 5.90. The maximum atomic E-state index is 12.5. The molecule has 0 aromatic carbocycles. The number of nitrogens with zero attached hydrogens (tertiary/aromatic N) is 2. The summed E-state index contributed by atoms with van der Waals surface area (Å²) in [6.45, 7) is 0.961.